The molecule has 2 fully saturated rings. The Balaban J connectivity index is 1.64. The van der Waals surface area contributed by atoms with Gasteiger partial charge in [-0.05, 0) is 57.7 Å². The molecule has 0 aliphatic carbocycles. The molecule has 0 spiro atoms. The van der Waals surface area contributed by atoms with Crippen molar-refractivity contribution in [3.63, 3.8) is 0 Å². The molecule has 2 rings (SSSR count). The van der Waals surface area contributed by atoms with Crippen molar-refractivity contribution in [2.75, 3.05) is 46.4 Å². The quantitative estimate of drug-likeness (QED) is 0.783. The van der Waals surface area contributed by atoms with Crippen molar-refractivity contribution in [3.8, 4) is 0 Å². The largest absolute Gasteiger partial charge is 0.381 e. The maximum Gasteiger partial charge on any atom is 0.0506 e. The topological polar surface area (TPSA) is 24.5 Å². The number of ether oxygens (including phenoxy) is 1. The van der Waals surface area contributed by atoms with Gasteiger partial charge < -0.3 is 15.0 Å². The summed E-state index contributed by atoms with van der Waals surface area (Å²) in [5.74, 6) is 1.64. The smallest absolute Gasteiger partial charge is 0.0506 e. The molecule has 2 aliphatic heterocycles. The molecular weight excluding hydrogens is 200 g/mol. The molecule has 0 aromatic heterocycles. The molecule has 0 aromatic rings. The van der Waals surface area contributed by atoms with Crippen molar-refractivity contribution in [2.45, 2.75) is 25.7 Å². The van der Waals surface area contributed by atoms with Crippen molar-refractivity contribution in [1.82, 2.24) is 10.2 Å². The third-order valence-corrected chi connectivity index (χ3v) is 3.79. The normalized spacial score (nSPS) is 31.9. The number of rotatable bonds is 4. The van der Waals surface area contributed by atoms with Crippen LogP contribution in [0.15, 0.2) is 0 Å². The van der Waals surface area contributed by atoms with Crippen LogP contribution in [-0.4, -0.2) is 51.3 Å². The second-order valence-electron chi connectivity index (χ2n) is 5.52. The molecule has 0 radical (unpaired) electrons. The number of nitrogens with zero attached hydrogens (tertiary/aromatic N) is 1. The first-order valence-electron chi connectivity index (χ1n) is 6.81. The lowest BCUT2D eigenvalue weighted by Gasteiger charge is -2.31. The Morgan fingerprint density at radius 1 is 1.19 bits per heavy atom. The maximum absolute atomic E-state index is 5.53. The summed E-state index contributed by atoms with van der Waals surface area (Å²) in [7, 11) is 2.27. The second kappa shape index (κ2) is 6.58. The first-order chi connectivity index (χ1) is 7.84. The fourth-order valence-electron chi connectivity index (χ4n) is 2.99. The molecule has 2 saturated heterocycles. The minimum Gasteiger partial charge on any atom is -0.381 e. The molecule has 3 nitrogen and oxygen atoms in total. The molecule has 2 heterocycles. The molecule has 3 heteroatoms. The highest BCUT2D eigenvalue weighted by molar-refractivity contribution is 4.74. The van der Waals surface area contributed by atoms with E-state index in [1.807, 2.05) is 0 Å². The highest BCUT2D eigenvalue weighted by Crippen LogP contribution is 2.16. The van der Waals surface area contributed by atoms with Gasteiger partial charge in [0.15, 0.2) is 0 Å². The molecule has 94 valence electrons. The fourth-order valence-corrected chi connectivity index (χ4v) is 2.99. The highest BCUT2D eigenvalue weighted by atomic mass is 16.5. The molecule has 2 atom stereocenters. The van der Waals surface area contributed by atoms with Crippen LogP contribution < -0.4 is 5.32 Å². The summed E-state index contributed by atoms with van der Waals surface area (Å²) in [6.45, 7) is 6.86. The van der Waals surface area contributed by atoms with Gasteiger partial charge in [-0.25, -0.2) is 0 Å². The van der Waals surface area contributed by atoms with E-state index >= 15 is 0 Å². The Morgan fingerprint density at radius 2 is 2.00 bits per heavy atom. The summed E-state index contributed by atoms with van der Waals surface area (Å²) in [4.78, 5) is 2.51. The van der Waals surface area contributed by atoms with E-state index in [2.05, 4.69) is 17.3 Å². The third-order valence-electron chi connectivity index (χ3n) is 3.79. The van der Waals surface area contributed by atoms with E-state index in [1.54, 1.807) is 0 Å². The van der Waals surface area contributed by atoms with Crippen LogP contribution in [-0.2, 0) is 4.74 Å². The molecular formula is C13H26N2O. The van der Waals surface area contributed by atoms with Crippen molar-refractivity contribution < 1.29 is 4.74 Å². The Labute approximate surface area is 99.5 Å². The van der Waals surface area contributed by atoms with E-state index in [4.69, 9.17) is 4.74 Å². The average molecular weight is 226 g/mol. The Morgan fingerprint density at radius 3 is 2.69 bits per heavy atom. The summed E-state index contributed by atoms with van der Waals surface area (Å²) >= 11 is 0. The van der Waals surface area contributed by atoms with Crippen LogP contribution in [0.3, 0.4) is 0 Å². The van der Waals surface area contributed by atoms with Crippen LogP contribution in [0.5, 0.6) is 0 Å². The molecule has 16 heavy (non-hydrogen) atoms. The van der Waals surface area contributed by atoms with Gasteiger partial charge in [0.05, 0.1) is 6.61 Å². The van der Waals surface area contributed by atoms with Crippen LogP contribution in [0.2, 0.25) is 0 Å². The van der Waals surface area contributed by atoms with E-state index in [9.17, 15) is 0 Å². The summed E-state index contributed by atoms with van der Waals surface area (Å²) in [6.07, 6.45) is 5.36. The number of hydrogen-bond donors (Lipinski definition) is 1. The predicted octanol–water partition coefficient (Wildman–Crippen LogP) is 1.34. The summed E-state index contributed by atoms with van der Waals surface area (Å²) < 4.78 is 5.53. The molecule has 2 aliphatic rings. The molecule has 0 amide bonds. The third kappa shape index (κ3) is 4.04. The van der Waals surface area contributed by atoms with E-state index < -0.39 is 0 Å². The lowest BCUT2D eigenvalue weighted by molar-refractivity contribution is 0.0396. The number of hydrogen-bond acceptors (Lipinski definition) is 3. The zero-order chi connectivity index (χ0) is 11.2. The fraction of sp³-hybridized carbons (Fsp3) is 1.00. The van der Waals surface area contributed by atoms with Gasteiger partial charge in [-0.3, -0.25) is 0 Å². The Kier molecular flexibility index (Phi) is 5.07. The van der Waals surface area contributed by atoms with E-state index in [1.165, 1.54) is 51.9 Å². The van der Waals surface area contributed by atoms with Crippen molar-refractivity contribution in [2.24, 2.45) is 11.8 Å². The van der Waals surface area contributed by atoms with Gasteiger partial charge in [-0.1, -0.05) is 0 Å². The zero-order valence-electron chi connectivity index (χ0n) is 10.6. The van der Waals surface area contributed by atoms with Crippen molar-refractivity contribution in [3.05, 3.63) is 0 Å². The van der Waals surface area contributed by atoms with Crippen LogP contribution in [0.4, 0.5) is 0 Å². The summed E-state index contributed by atoms with van der Waals surface area (Å²) in [5.41, 5.74) is 0. The van der Waals surface area contributed by atoms with E-state index in [0.29, 0.717) is 0 Å². The first-order valence-corrected chi connectivity index (χ1v) is 6.81. The molecule has 0 saturated carbocycles. The van der Waals surface area contributed by atoms with Gasteiger partial charge in [-0.2, -0.15) is 0 Å². The van der Waals surface area contributed by atoms with Gasteiger partial charge in [0.2, 0.25) is 0 Å². The van der Waals surface area contributed by atoms with Crippen LogP contribution >= 0.6 is 0 Å². The summed E-state index contributed by atoms with van der Waals surface area (Å²) in [6, 6.07) is 0. The summed E-state index contributed by atoms with van der Waals surface area (Å²) in [5, 5.41) is 3.49. The minimum atomic E-state index is 0.773. The van der Waals surface area contributed by atoms with Gasteiger partial charge in [0, 0.05) is 19.7 Å². The highest BCUT2D eigenvalue weighted by Gasteiger charge is 2.19. The van der Waals surface area contributed by atoms with Crippen LogP contribution in [0.1, 0.15) is 25.7 Å². The molecule has 1 N–H and O–H groups in total. The zero-order valence-corrected chi connectivity index (χ0v) is 10.6. The lowest BCUT2D eigenvalue weighted by atomic mass is 9.97. The van der Waals surface area contributed by atoms with Crippen LogP contribution in [0.25, 0.3) is 0 Å². The number of nitrogens with one attached hydrogen (secondary N) is 1. The Hall–Kier alpha value is -0.120. The Bertz CT molecular complexity index is 166. The number of piperidine rings is 1. The molecule has 0 bridgehead atoms. The van der Waals surface area contributed by atoms with Crippen molar-refractivity contribution >= 4 is 0 Å². The van der Waals surface area contributed by atoms with Gasteiger partial charge in [0.25, 0.3) is 0 Å². The SMILES string of the molecule is CN(CC1CCCNC1)CC1CCCOC1. The minimum absolute atomic E-state index is 0.773. The molecule has 2 unspecified atom stereocenters. The standard InChI is InChI=1S/C13H26N2O/c1-15(9-12-4-2-6-14-8-12)10-13-5-3-7-16-11-13/h12-14H,2-11H2,1H3. The van der Waals surface area contributed by atoms with Crippen molar-refractivity contribution in [1.29, 1.82) is 0 Å². The second-order valence-corrected chi connectivity index (χ2v) is 5.52. The molecule has 0 aromatic carbocycles. The van der Waals surface area contributed by atoms with Gasteiger partial charge in [0.1, 0.15) is 0 Å². The van der Waals surface area contributed by atoms with E-state index in [-0.39, 0.29) is 0 Å². The average Bonchev–Trinajstić information content (AvgIpc) is 2.31. The first kappa shape index (κ1) is 12.3. The maximum atomic E-state index is 5.53. The van der Waals surface area contributed by atoms with E-state index in [0.717, 1.165) is 25.0 Å². The van der Waals surface area contributed by atoms with Gasteiger partial charge >= 0.3 is 0 Å². The predicted molar refractivity (Wildman–Crippen MR) is 66.6 cm³/mol. The lowest BCUT2D eigenvalue weighted by Crippen LogP contribution is -2.39. The monoisotopic (exact) mass is 226 g/mol. The van der Waals surface area contributed by atoms with Gasteiger partial charge in [-0.15, -0.1) is 0 Å². The van der Waals surface area contributed by atoms with Crippen LogP contribution in [0, 0.1) is 11.8 Å².